The lowest BCUT2D eigenvalue weighted by atomic mass is 10.0. The molecule has 0 saturated carbocycles. The Morgan fingerprint density at radius 1 is 0.361 bits per heavy atom. The van der Waals surface area contributed by atoms with Gasteiger partial charge >= 0.3 is 0 Å². The highest BCUT2D eigenvalue weighted by Gasteiger charge is 2.12. The molecule has 216 valence electrons. The first-order chi connectivity index (χ1) is 17.8. The van der Waals surface area contributed by atoms with Gasteiger partial charge < -0.3 is 4.90 Å². The molecule has 0 aliphatic rings. The topological polar surface area (TPSA) is 20.3 Å². The molecule has 0 aromatic rings. The molecule has 1 amide bonds. The summed E-state index contributed by atoms with van der Waals surface area (Å²) in [6, 6.07) is 0. The zero-order chi connectivity index (χ0) is 26.4. The highest BCUT2D eigenvalue weighted by atomic mass is 16.2. The van der Waals surface area contributed by atoms with Gasteiger partial charge in [-0.05, 0) is 19.3 Å². The predicted molar refractivity (Wildman–Crippen MR) is 163 cm³/mol. The fourth-order valence-corrected chi connectivity index (χ4v) is 5.33. The van der Waals surface area contributed by atoms with Crippen LogP contribution in [-0.2, 0) is 4.79 Å². The van der Waals surface area contributed by atoms with Gasteiger partial charge in [0.05, 0.1) is 0 Å². The number of unbranched alkanes of at least 4 members (excludes halogenated alkanes) is 24. The van der Waals surface area contributed by atoms with E-state index in [1.54, 1.807) is 0 Å². The van der Waals surface area contributed by atoms with Crippen molar-refractivity contribution >= 4 is 5.91 Å². The van der Waals surface area contributed by atoms with Crippen LogP contribution < -0.4 is 0 Å². The Bertz CT molecular complexity index is 401. The van der Waals surface area contributed by atoms with Crippen molar-refractivity contribution in [2.45, 2.75) is 201 Å². The molecular weight excluding hydrogens is 438 g/mol. The van der Waals surface area contributed by atoms with Gasteiger partial charge in [0.1, 0.15) is 0 Å². The average Bonchev–Trinajstić information content (AvgIpc) is 2.88. The Morgan fingerprint density at radius 3 is 0.917 bits per heavy atom. The first kappa shape index (κ1) is 35.5. The SMILES string of the molecule is CCCCCCCCCCCCCC(=O)N(CCCCCCCCCC)CCCCCCCCCC. The second kappa shape index (κ2) is 30.7. The van der Waals surface area contributed by atoms with Crippen LogP contribution in [-0.4, -0.2) is 23.9 Å². The Hall–Kier alpha value is -0.530. The molecule has 0 N–H and O–H groups in total. The van der Waals surface area contributed by atoms with Gasteiger partial charge in [-0.15, -0.1) is 0 Å². The molecule has 2 nitrogen and oxygen atoms in total. The van der Waals surface area contributed by atoms with Crippen molar-refractivity contribution in [2.24, 2.45) is 0 Å². The van der Waals surface area contributed by atoms with Gasteiger partial charge in [0.15, 0.2) is 0 Å². The molecule has 0 aliphatic carbocycles. The maximum absolute atomic E-state index is 13.0. The van der Waals surface area contributed by atoms with Gasteiger partial charge in [0.25, 0.3) is 0 Å². The summed E-state index contributed by atoms with van der Waals surface area (Å²) in [7, 11) is 0. The predicted octanol–water partition coefficient (Wildman–Crippen LogP) is 11.8. The number of hydrogen-bond acceptors (Lipinski definition) is 1. The van der Waals surface area contributed by atoms with Crippen molar-refractivity contribution < 1.29 is 4.79 Å². The van der Waals surface area contributed by atoms with Crippen LogP contribution in [0.2, 0.25) is 0 Å². The molecule has 2 heteroatoms. The van der Waals surface area contributed by atoms with E-state index in [-0.39, 0.29) is 0 Å². The Balaban J connectivity index is 4.01. The van der Waals surface area contributed by atoms with Gasteiger partial charge in [-0.25, -0.2) is 0 Å². The number of amides is 1. The van der Waals surface area contributed by atoms with E-state index in [1.807, 2.05) is 0 Å². The van der Waals surface area contributed by atoms with Gasteiger partial charge in [0.2, 0.25) is 5.91 Å². The van der Waals surface area contributed by atoms with Crippen LogP contribution in [0.4, 0.5) is 0 Å². The molecule has 0 atom stereocenters. The largest absolute Gasteiger partial charge is 0.343 e. The number of carbonyl (C=O) groups is 1. The van der Waals surface area contributed by atoms with Crippen LogP contribution in [0.15, 0.2) is 0 Å². The van der Waals surface area contributed by atoms with Crippen molar-refractivity contribution in [3.63, 3.8) is 0 Å². The van der Waals surface area contributed by atoms with Crippen LogP contribution >= 0.6 is 0 Å². The van der Waals surface area contributed by atoms with Crippen LogP contribution in [0.1, 0.15) is 201 Å². The van der Waals surface area contributed by atoms with E-state index in [1.165, 1.54) is 167 Å². The summed E-state index contributed by atoms with van der Waals surface area (Å²) in [5, 5.41) is 0. The standard InChI is InChI=1S/C34H69NO/c1-4-7-10-13-16-19-20-21-22-25-28-31-34(36)35(32-29-26-23-17-14-11-8-5-2)33-30-27-24-18-15-12-9-6-3/h4-33H2,1-3H3. The summed E-state index contributed by atoms with van der Waals surface area (Å²) in [5.74, 6) is 0.441. The smallest absolute Gasteiger partial charge is 0.222 e. The lowest BCUT2D eigenvalue weighted by molar-refractivity contribution is -0.131. The highest BCUT2D eigenvalue weighted by molar-refractivity contribution is 5.76. The van der Waals surface area contributed by atoms with Crippen LogP contribution in [0.3, 0.4) is 0 Å². The summed E-state index contributed by atoms with van der Waals surface area (Å²) in [6.45, 7) is 8.87. The zero-order valence-corrected chi connectivity index (χ0v) is 25.6. The second-order valence-corrected chi connectivity index (χ2v) is 11.6. The van der Waals surface area contributed by atoms with Crippen LogP contribution in [0.5, 0.6) is 0 Å². The molecule has 0 radical (unpaired) electrons. The van der Waals surface area contributed by atoms with Gasteiger partial charge in [-0.2, -0.15) is 0 Å². The minimum Gasteiger partial charge on any atom is -0.343 e. The van der Waals surface area contributed by atoms with Gasteiger partial charge in [-0.1, -0.05) is 175 Å². The normalized spacial score (nSPS) is 11.3. The monoisotopic (exact) mass is 508 g/mol. The summed E-state index contributed by atoms with van der Waals surface area (Å²) in [6.07, 6.45) is 37.1. The molecule has 0 unspecified atom stereocenters. The fourth-order valence-electron chi connectivity index (χ4n) is 5.33. The summed E-state index contributed by atoms with van der Waals surface area (Å²) in [5.41, 5.74) is 0. The van der Waals surface area contributed by atoms with E-state index >= 15 is 0 Å². The highest BCUT2D eigenvalue weighted by Crippen LogP contribution is 2.15. The minimum atomic E-state index is 0.441. The summed E-state index contributed by atoms with van der Waals surface area (Å²) < 4.78 is 0. The van der Waals surface area contributed by atoms with Crippen molar-refractivity contribution in [1.29, 1.82) is 0 Å². The lowest BCUT2D eigenvalue weighted by Crippen LogP contribution is -2.32. The number of hydrogen-bond donors (Lipinski definition) is 0. The van der Waals surface area contributed by atoms with E-state index < -0.39 is 0 Å². The molecule has 0 heterocycles. The zero-order valence-electron chi connectivity index (χ0n) is 25.6. The molecule has 0 rings (SSSR count). The van der Waals surface area contributed by atoms with Gasteiger partial charge in [0, 0.05) is 19.5 Å². The second-order valence-electron chi connectivity index (χ2n) is 11.6. The van der Waals surface area contributed by atoms with Gasteiger partial charge in [-0.3, -0.25) is 4.79 Å². The van der Waals surface area contributed by atoms with Crippen LogP contribution in [0.25, 0.3) is 0 Å². The molecule has 0 spiro atoms. The van der Waals surface area contributed by atoms with Crippen molar-refractivity contribution in [2.75, 3.05) is 13.1 Å². The molecule has 36 heavy (non-hydrogen) atoms. The molecule has 0 saturated heterocycles. The van der Waals surface area contributed by atoms with E-state index in [0.29, 0.717) is 5.91 Å². The molecular formula is C34H69NO. The number of carbonyl (C=O) groups excluding carboxylic acids is 1. The third kappa shape index (κ3) is 26.5. The molecule has 0 bridgehead atoms. The summed E-state index contributed by atoms with van der Waals surface area (Å²) >= 11 is 0. The number of nitrogens with zero attached hydrogens (tertiary/aromatic N) is 1. The maximum atomic E-state index is 13.0. The Labute approximate surface area is 229 Å². The fraction of sp³-hybridized carbons (Fsp3) is 0.971. The Kier molecular flexibility index (Phi) is 30.2. The van der Waals surface area contributed by atoms with E-state index in [9.17, 15) is 4.79 Å². The van der Waals surface area contributed by atoms with E-state index in [4.69, 9.17) is 0 Å². The molecule has 0 aromatic heterocycles. The van der Waals surface area contributed by atoms with E-state index in [2.05, 4.69) is 25.7 Å². The first-order valence-electron chi connectivity index (χ1n) is 17.0. The minimum absolute atomic E-state index is 0.441. The lowest BCUT2D eigenvalue weighted by Gasteiger charge is -2.23. The van der Waals surface area contributed by atoms with Crippen molar-refractivity contribution in [3.05, 3.63) is 0 Å². The van der Waals surface area contributed by atoms with Crippen molar-refractivity contribution in [3.8, 4) is 0 Å². The van der Waals surface area contributed by atoms with Crippen molar-refractivity contribution in [1.82, 2.24) is 4.90 Å². The molecule has 0 fully saturated rings. The Morgan fingerprint density at radius 2 is 0.611 bits per heavy atom. The third-order valence-electron chi connectivity index (χ3n) is 7.91. The molecule has 0 aliphatic heterocycles. The maximum Gasteiger partial charge on any atom is 0.222 e. The van der Waals surface area contributed by atoms with E-state index in [0.717, 1.165) is 25.9 Å². The third-order valence-corrected chi connectivity index (χ3v) is 7.91. The average molecular weight is 508 g/mol. The van der Waals surface area contributed by atoms with Crippen LogP contribution in [0, 0.1) is 0 Å². The number of rotatable bonds is 30. The quantitative estimate of drug-likeness (QED) is 0.0885. The molecule has 0 aromatic carbocycles. The first-order valence-corrected chi connectivity index (χ1v) is 17.0. The summed E-state index contributed by atoms with van der Waals surface area (Å²) in [4.78, 5) is 15.2.